The van der Waals surface area contributed by atoms with Gasteiger partial charge in [-0.2, -0.15) is 0 Å². The molecular weight excluding hydrogens is 380 g/mol. The number of hydrogen-bond donors (Lipinski definition) is 0. The molecule has 2 nitrogen and oxygen atoms in total. The van der Waals surface area contributed by atoms with Crippen LogP contribution in [0.1, 0.15) is 0 Å². The number of nitrogens with zero attached hydrogens (tertiary/aromatic N) is 2. The summed E-state index contributed by atoms with van der Waals surface area (Å²) < 4.78 is 0. The first-order valence-electron chi connectivity index (χ1n) is 9.00. The van der Waals surface area contributed by atoms with Crippen LogP contribution in [0.15, 0.2) is 97.3 Å². The first-order valence-corrected chi connectivity index (χ1v) is 10.6. The van der Waals surface area contributed by atoms with Gasteiger partial charge in [-0.25, -0.2) is 9.97 Å². The third-order valence-electron chi connectivity index (χ3n) is 4.51. The van der Waals surface area contributed by atoms with Gasteiger partial charge < -0.3 is 0 Å². The van der Waals surface area contributed by atoms with Gasteiger partial charge in [0.25, 0.3) is 0 Å². The van der Waals surface area contributed by atoms with Crippen molar-refractivity contribution in [2.45, 2.75) is 0 Å². The summed E-state index contributed by atoms with van der Waals surface area (Å²) in [5.74, 6) is 0. The van der Waals surface area contributed by atoms with Crippen LogP contribution >= 0.6 is 22.7 Å². The fourth-order valence-corrected chi connectivity index (χ4v) is 4.90. The highest BCUT2D eigenvalue weighted by molar-refractivity contribution is 7.18. The van der Waals surface area contributed by atoms with Gasteiger partial charge in [0.05, 0.1) is 9.75 Å². The molecule has 2 aromatic heterocycles. The topological polar surface area (TPSA) is 25.8 Å². The monoisotopic (exact) mass is 396 g/mol. The third-order valence-corrected chi connectivity index (χ3v) is 6.70. The molecule has 0 aliphatic rings. The van der Waals surface area contributed by atoms with Crippen LogP contribution in [0.4, 0.5) is 0 Å². The molecule has 134 valence electrons. The lowest BCUT2D eigenvalue weighted by atomic mass is 10.1. The van der Waals surface area contributed by atoms with Gasteiger partial charge in [0.2, 0.25) is 0 Å². The van der Waals surface area contributed by atoms with E-state index in [1.807, 2.05) is 48.8 Å². The number of rotatable bonds is 4. The Morgan fingerprint density at radius 1 is 0.429 bits per heavy atom. The number of hydrogen-bond acceptors (Lipinski definition) is 4. The van der Waals surface area contributed by atoms with Gasteiger partial charge in [-0.1, -0.05) is 84.9 Å². The van der Waals surface area contributed by atoms with E-state index in [0.717, 1.165) is 21.1 Å². The molecule has 0 unspecified atom stereocenters. The fourth-order valence-electron chi connectivity index (χ4n) is 3.04. The van der Waals surface area contributed by atoms with Crippen molar-refractivity contribution >= 4 is 22.7 Å². The predicted octanol–water partition coefficient (Wildman–Crippen LogP) is 7.27. The van der Waals surface area contributed by atoms with Crippen LogP contribution in [0.3, 0.4) is 0 Å². The van der Waals surface area contributed by atoms with Crippen molar-refractivity contribution in [1.29, 1.82) is 0 Å². The molecule has 0 spiro atoms. The lowest BCUT2D eigenvalue weighted by Gasteiger charge is -2.00. The van der Waals surface area contributed by atoms with E-state index in [0.29, 0.717) is 0 Å². The van der Waals surface area contributed by atoms with E-state index in [-0.39, 0.29) is 0 Å². The van der Waals surface area contributed by atoms with Crippen LogP contribution in [0.2, 0.25) is 0 Å². The van der Waals surface area contributed by atoms with Gasteiger partial charge in [-0.15, -0.1) is 22.7 Å². The molecule has 0 bridgehead atoms. The maximum atomic E-state index is 4.59. The lowest BCUT2D eigenvalue weighted by Crippen LogP contribution is -1.74. The van der Waals surface area contributed by atoms with Gasteiger partial charge in [-0.05, 0) is 11.1 Å². The van der Waals surface area contributed by atoms with Crippen LogP contribution < -0.4 is 0 Å². The Morgan fingerprint density at radius 2 is 0.821 bits per heavy atom. The number of benzene rings is 3. The lowest BCUT2D eigenvalue weighted by molar-refractivity contribution is 1.41. The summed E-state index contributed by atoms with van der Waals surface area (Å²) in [5.41, 5.74) is 4.70. The first-order chi connectivity index (χ1) is 13.9. The smallest absolute Gasteiger partial charge is 0.123 e. The van der Waals surface area contributed by atoms with Crippen LogP contribution in [0.25, 0.3) is 42.0 Å². The highest BCUT2D eigenvalue weighted by Gasteiger charge is 2.09. The molecule has 0 saturated carbocycles. The average Bonchev–Trinajstić information content (AvgIpc) is 3.46. The minimum absolute atomic E-state index is 1.05. The minimum Gasteiger partial charge on any atom is -0.244 e. The molecule has 0 N–H and O–H groups in total. The Bertz CT molecular complexity index is 1090. The van der Waals surface area contributed by atoms with E-state index in [4.69, 9.17) is 0 Å². The van der Waals surface area contributed by atoms with Crippen molar-refractivity contribution < 1.29 is 0 Å². The zero-order valence-electron chi connectivity index (χ0n) is 14.9. The third kappa shape index (κ3) is 3.40. The quantitative estimate of drug-likeness (QED) is 0.319. The molecule has 0 saturated heterocycles. The molecule has 3 aromatic carbocycles. The van der Waals surface area contributed by atoms with Crippen LogP contribution in [0, 0.1) is 0 Å². The predicted molar refractivity (Wildman–Crippen MR) is 120 cm³/mol. The van der Waals surface area contributed by atoms with Crippen molar-refractivity contribution in [3.63, 3.8) is 0 Å². The Kier molecular flexibility index (Phi) is 4.57. The minimum atomic E-state index is 1.05. The highest BCUT2D eigenvalue weighted by atomic mass is 32.1. The summed E-state index contributed by atoms with van der Waals surface area (Å²) in [5, 5.41) is 2.10. The molecule has 5 rings (SSSR count). The van der Waals surface area contributed by atoms with Crippen molar-refractivity contribution in [1.82, 2.24) is 9.97 Å². The molecule has 5 aromatic rings. The zero-order chi connectivity index (χ0) is 18.8. The molecule has 0 aliphatic heterocycles. The summed E-state index contributed by atoms with van der Waals surface area (Å²) in [6.45, 7) is 0. The van der Waals surface area contributed by atoms with Gasteiger partial charge >= 0.3 is 0 Å². The normalized spacial score (nSPS) is 10.9. The summed E-state index contributed by atoms with van der Waals surface area (Å²) in [6.07, 6.45) is 3.92. The highest BCUT2D eigenvalue weighted by Crippen LogP contribution is 2.35. The maximum absolute atomic E-state index is 4.59. The summed E-state index contributed by atoms with van der Waals surface area (Å²) in [6, 6.07) is 29.3. The SMILES string of the molecule is c1ccc(-c2ncc(-c3ccc(-c4cnc(-c5ccccc5)s4)cc3)s2)cc1. The fraction of sp³-hybridized carbons (Fsp3) is 0. The standard InChI is InChI=1S/C24H16N2S2/c1-3-7-19(8-4-1)23-25-15-21(27-23)17-11-13-18(14-12-17)22-16-26-24(28-22)20-9-5-2-6-10-20/h1-16H. The van der Waals surface area contributed by atoms with E-state index in [2.05, 4.69) is 58.5 Å². The summed E-state index contributed by atoms with van der Waals surface area (Å²) in [4.78, 5) is 11.5. The largest absolute Gasteiger partial charge is 0.244 e. The first kappa shape index (κ1) is 17.0. The molecule has 0 amide bonds. The molecule has 0 atom stereocenters. The molecule has 4 heteroatoms. The summed E-state index contributed by atoms with van der Waals surface area (Å²) in [7, 11) is 0. The van der Waals surface area contributed by atoms with Gasteiger partial charge in [0.1, 0.15) is 10.0 Å². The Morgan fingerprint density at radius 3 is 1.21 bits per heavy atom. The molecule has 0 fully saturated rings. The van der Waals surface area contributed by atoms with Crippen molar-refractivity contribution in [2.24, 2.45) is 0 Å². The van der Waals surface area contributed by atoms with Crippen LogP contribution in [-0.2, 0) is 0 Å². The Balaban J connectivity index is 1.40. The second kappa shape index (κ2) is 7.50. The second-order valence-corrected chi connectivity index (χ2v) is 8.43. The van der Waals surface area contributed by atoms with Gasteiger partial charge in [-0.3, -0.25) is 0 Å². The molecule has 28 heavy (non-hydrogen) atoms. The van der Waals surface area contributed by atoms with Crippen molar-refractivity contribution in [3.8, 4) is 42.0 Å². The molecule has 2 heterocycles. The molecular formula is C24H16N2S2. The van der Waals surface area contributed by atoms with Gasteiger partial charge in [0, 0.05) is 23.5 Å². The van der Waals surface area contributed by atoms with Crippen LogP contribution in [-0.4, -0.2) is 9.97 Å². The van der Waals surface area contributed by atoms with E-state index < -0.39 is 0 Å². The van der Waals surface area contributed by atoms with Crippen LogP contribution in [0.5, 0.6) is 0 Å². The van der Waals surface area contributed by atoms with E-state index in [1.54, 1.807) is 22.7 Å². The Hall–Kier alpha value is -3.08. The van der Waals surface area contributed by atoms with E-state index >= 15 is 0 Å². The zero-order valence-corrected chi connectivity index (χ0v) is 16.6. The van der Waals surface area contributed by atoms with Crippen molar-refractivity contribution in [2.75, 3.05) is 0 Å². The van der Waals surface area contributed by atoms with Gasteiger partial charge in [0.15, 0.2) is 0 Å². The van der Waals surface area contributed by atoms with E-state index in [9.17, 15) is 0 Å². The average molecular weight is 397 g/mol. The maximum Gasteiger partial charge on any atom is 0.123 e. The molecule has 0 radical (unpaired) electrons. The Labute approximate surface area is 171 Å². The summed E-state index contributed by atoms with van der Waals surface area (Å²) >= 11 is 3.44. The van der Waals surface area contributed by atoms with E-state index in [1.165, 1.54) is 20.9 Å². The molecule has 0 aliphatic carbocycles. The second-order valence-electron chi connectivity index (χ2n) is 6.37. The number of thiazole rings is 2. The number of aromatic nitrogens is 2. The van der Waals surface area contributed by atoms with Crippen molar-refractivity contribution in [3.05, 3.63) is 97.3 Å².